The van der Waals surface area contributed by atoms with E-state index in [2.05, 4.69) is 25.6 Å². The average molecular weight is 578 g/mol. The number of aromatic nitrogens is 2. The molecule has 0 unspecified atom stereocenters. The Hall–Kier alpha value is -4.50. The molecule has 0 aliphatic heterocycles. The Morgan fingerprint density at radius 2 is 1.56 bits per heavy atom. The molecule has 15 heteroatoms. The first-order valence-electron chi connectivity index (χ1n) is 10.9. The third kappa shape index (κ3) is 7.30. The van der Waals surface area contributed by atoms with Gasteiger partial charge in [0, 0.05) is 5.56 Å². The van der Waals surface area contributed by atoms with Gasteiger partial charge in [-0.15, -0.1) is 10.2 Å². The fourth-order valence-corrected chi connectivity index (χ4v) is 4.76. The number of rotatable bonds is 9. The zero-order chi connectivity index (χ0) is 28.0. The summed E-state index contributed by atoms with van der Waals surface area (Å²) in [5.41, 5.74) is 0.247. The number of carbonyl (C=O) groups excluding carboxylic acids is 2. The number of anilines is 2. The van der Waals surface area contributed by atoms with Crippen LogP contribution in [-0.2, 0) is 21.0 Å². The van der Waals surface area contributed by atoms with E-state index in [1.165, 1.54) is 30.3 Å². The molecular weight excluding hydrogens is 559 g/mol. The molecule has 3 N–H and O–H groups in total. The maximum absolute atomic E-state index is 12.9. The van der Waals surface area contributed by atoms with Crippen molar-refractivity contribution in [2.75, 3.05) is 16.6 Å². The summed E-state index contributed by atoms with van der Waals surface area (Å²) in [5, 5.41) is 8.97. The smallest absolute Gasteiger partial charge is 0.445 e. The number of alkyl halides is 3. The maximum Gasteiger partial charge on any atom is 0.445 e. The molecule has 0 spiro atoms. The van der Waals surface area contributed by atoms with E-state index in [1.807, 2.05) is 6.07 Å². The molecule has 4 aromatic rings. The third-order valence-corrected chi connectivity index (χ3v) is 7.12. The van der Waals surface area contributed by atoms with Crippen molar-refractivity contribution in [3.8, 4) is 11.5 Å². The number of para-hydroxylation sites is 3. The molecule has 2 amide bonds. The topological polar surface area (TPSA) is 139 Å². The second-order valence-electron chi connectivity index (χ2n) is 7.68. The van der Waals surface area contributed by atoms with Crippen molar-refractivity contribution >= 4 is 44.0 Å². The minimum Gasteiger partial charge on any atom is -0.455 e. The fraction of sp³-hybridized carbons (Fsp3) is 0.0833. The van der Waals surface area contributed by atoms with Gasteiger partial charge in [-0.3, -0.25) is 19.6 Å². The Morgan fingerprint density at radius 3 is 2.23 bits per heavy atom. The number of ether oxygens (including phenoxy) is 1. The molecule has 0 atom stereocenters. The Morgan fingerprint density at radius 1 is 0.897 bits per heavy atom. The summed E-state index contributed by atoms with van der Waals surface area (Å²) in [5.74, 6) is -0.739. The lowest BCUT2D eigenvalue weighted by molar-refractivity contribution is -0.138. The molecule has 0 saturated heterocycles. The SMILES string of the molecule is O=C(CNC(=O)c1ccc(S(=O)(=O)Nc2ccccc2Oc2ccccc2)cc1)Nc1nnc(C(F)(F)F)s1. The predicted octanol–water partition coefficient (Wildman–Crippen LogP) is 4.52. The highest BCUT2D eigenvalue weighted by Gasteiger charge is 2.35. The van der Waals surface area contributed by atoms with E-state index in [1.54, 1.807) is 42.5 Å². The lowest BCUT2D eigenvalue weighted by Gasteiger charge is -2.13. The quantitative estimate of drug-likeness (QED) is 0.266. The van der Waals surface area contributed by atoms with Crippen molar-refractivity contribution in [2.45, 2.75) is 11.1 Å². The summed E-state index contributed by atoms with van der Waals surface area (Å²) >= 11 is 0.142. The van der Waals surface area contributed by atoms with Gasteiger partial charge < -0.3 is 10.1 Å². The van der Waals surface area contributed by atoms with Gasteiger partial charge in [-0.1, -0.05) is 41.7 Å². The van der Waals surface area contributed by atoms with Crippen LogP contribution >= 0.6 is 11.3 Å². The van der Waals surface area contributed by atoms with E-state index in [0.717, 1.165) is 0 Å². The Labute approximate surface area is 223 Å². The minimum absolute atomic E-state index is 0.0461. The van der Waals surface area contributed by atoms with E-state index >= 15 is 0 Å². The van der Waals surface area contributed by atoms with Crippen molar-refractivity contribution in [3.05, 3.63) is 89.4 Å². The van der Waals surface area contributed by atoms with E-state index < -0.39 is 39.6 Å². The largest absolute Gasteiger partial charge is 0.455 e. The van der Waals surface area contributed by atoms with Gasteiger partial charge in [-0.25, -0.2) is 8.42 Å². The molecule has 3 aromatic carbocycles. The number of carbonyl (C=O) groups is 2. The molecule has 0 aliphatic rings. The number of hydrogen-bond donors (Lipinski definition) is 3. The highest BCUT2D eigenvalue weighted by atomic mass is 32.2. The van der Waals surface area contributed by atoms with Gasteiger partial charge in [-0.2, -0.15) is 13.2 Å². The zero-order valence-electron chi connectivity index (χ0n) is 19.6. The third-order valence-electron chi connectivity index (χ3n) is 4.85. The van der Waals surface area contributed by atoms with Crippen LogP contribution in [0, 0.1) is 0 Å². The molecule has 39 heavy (non-hydrogen) atoms. The Balaban J connectivity index is 1.36. The molecule has 4 rings (SSSR count). The highest BCUT2D eigenvalue weighted by Crippen LogP contribution is 2.33. The van der Waals surface area contributed by atoms with Crippen LogP contribution < -0.4 is 20.1 Å². The average Bonchev–Trinajstić information content (AvgIpc) is 3.38. The monoisotopic (exact) mass is 577 g/mol. The van der Waals surface area contributed by atoms with Crippen LogP contribution in [-0.4, -0.2) is 37.0 Å². The van der Waals surface area contributed by atoms with Gasteiger partial charge in [-0.05, 0) is 48.5 Å². The number of nitrogens with one attached hydrogen (secondary N) is 3. The van der Waals surface area contributed by atoms with E-state index in [9.17, 15) is 31.2 Å². The van der Waals surface area contributed by atoms with Crippen molar-refractivity contribution in [3.63, 3.8) is 0 Å². The second-order valence-corrected chi connectivity index (χ2v) is 10.3. The summed E-state index contributed by atoms with van der Waals surface area (Å²) in [7, 11) is -4.06. The molecule has 0 bridgehead atoms. The van der Waals surface area contributed by atoms with Crippen molar-refractivity contribution in [1.29, 1.82) is 0 Å². The molecule has 1 aromatic heterocycles. The minimum atomic E-state index is -4.69. The number of halogens is 3. The van der Waals surface area contributed by atoms with Gasteiger partial charge in [0.15, 0.2) is 5.75 Å². The molecular formula is C24H18F3N5O5S2. The van der Waals surface area contributed by atoms with Gasteiger partial charge in [0.2, 0.25) is 16.0 Å². The van der Waals surface area contributed by atoms with Gasteiger partial charge in [0.25, 0.3) is 15.9 Å². The summed E-state index contributed by atoms with van der Waals surface area (Å²) in [4.78, 5) is 24.2. The van der Waals surface area contributed by atoms with Crippen LogP contribution in [0.1, 0.15) is 15.4 Å². The fourth-order valence-electron chi connectivity index (χ4n) is 3.06. The van der Waals surface area contributed by atoms with Crippen LogP contribution in [0.4, 0.5) is 24.0 Å². The Kier molecular flexibility index (Phi) is 8.11. The van der Waals surface area contributed by atoms with E-state index in [-0.39, 0.29) is 38.4 Å². The number of nitrogens with zero attached hydrogens (tertiary/aromatic N) is 2. The number of sulfonamides is 1. The van der Waals surface area contributed by atoms with Gasteiger partial charge in [0.05, 0.1) is 17.1 Å². The molecule has 0 saturated carbocycles. The normalized spacial score (nSPS) is 11.5. The lowest BCUT2D eigenvalue weighted by Crippen LogP contribution is -2.32. The first-order valence-corrected chi connectivity index (χ1v) is 13.2. The maximum atomic E-state index is 12.9. The van der Waals surface area contributed by atoms with Crippen molar-refractivity contribution in [1.82, 2.24) is 15.5 Å². The van der Waals surface area contributed by atoms with E-state index in [0.29, 0.717) is 5.75 Å². The standard InChI is InChI=1S/C24H18F3N5O5S2/c25-24(26,27)22-30-31-23(38-22)29-20(33)14-28-21(34)15-10-12-17(13-11-15)39(35,36)32-18-8-4-5-9-19(18)37-16-6-2-1-3-7-16/h1-13,32H,14H2,(H,28,34)(H,29,31,33). The zero-order valence-corrected chi connectivity index (χ0v) is 21.2. The number of benzene rings is 3. The summed E-state index contributed by atoms with van der Waals surface area (Å²) in [6.07, 6.45) is -4.69. The Bertz CT molecular complexity index is 1580. The number of amides is 2. The molecule has 1 heterocycles. The lowest BCUT2D eigenvalue weighted by atomic mass is 10.2. The highest BCUT2D eigenvalue weighted by molar-refractivity contribution is 7.92. The summed E-state index contributed by atoms with van der Waals surface area (Å²) in [6, 6.07) is 20.2. The van der Waals surface area contributed by atoms with Gasteiger partial charge >= 0.3 is 6.18 Å². The predicted molar refractivity (Wildman–Crippen MR) is 136 cm³/mol. The second kappa shape index (κ2) is 11.5. The molecule has 10 nitrogen and oxygen atoms in total. The first-order chi connectivity index (χ1) is 18.5. The molecule has 202 valence electrons. The van der Waals surface area contributed by atoms with Crippen LogP contribution in [0.5, 0.6) is 11.5 Å². The summed E-state index contributed by atoms with van der Waals surface area (Å²) < 4.78 is 71.9. The van der Waals surface area contributed by atoms with Crippen molar-refractivity contribution in [2.24, 2.45) is 0 Å². The van der Waals surface area contributed by atoms with Crippen molar-refractivity contribution < 1.29 is 35.9 Å². The molecule has 0 radical (unpaired) electrons. The van der Waals surface area contributed by atoms with E-state index in [4.69, 9.17) is 4.74 Å². The summed E-state index contributed by atoms with van der Waals surface area (Å²) in [6.45, 7) is -0.570. The molecule has 0 fully saturated rings. The van der Waals surface area contributed by atoms with Gasteiger partial charge in [0.1, 0.15) is 5.75 Å². The molecule has 0 aliphatic carbocycles. The van der Waals surface area contributed by atoms with Crippen LogP contribution in [0.25, 0.3) is 0 Å². The first kappa shape index (κ1) is 27.5. The van der Waals surface area contributed by atoms with Crippen LogP contribution in [0.2, 0.25) is 0 Å². The van der Waals surface area contributed by atoms with Crippen LogP contribution in [0.15, 0.2) is 83.8 Å². The number of hydrogen-bond acceptors (Lipinski definition) is 8. The van der Waals surface area contributed by atoms with Crippen LogP contribution in [0.3, 0.4) is 0 Å².